The van der Waals surface area contributed by atoms with Gasteiger partial charge in [-0.05, 0) is 36.2 Å². The quantitative estimate of drug-likeness (QED) is 0.459. The topological polar surface area (TPSA) is 92.3 Å². The fourth-order valence-corrected chi connectivity index (χ4v) is 3.96. The molecule has 2 aromatic heterocycles. The Labute approximate surface area is 213 Å². The highest BCUT2D eigenvalue weighted by Crippen LogP contribution is 2.28. The fraction of sp³-hybridized carbons (Fsp3) is 0.308. The third-order valence-corrected chi connectivity index (χ3v) is 5.94. The first-order valence-corrected chi connectivity index (χ1v) is 11.4. The van der Waals surface area contributed by atoms with Crippen molar-refractivity contribution in [2.24, 2.45) is 0 Å². The van der Waals surface area contributed by atoms with E-state index in [1.165, 1.54) is 0 Å². The molecule has 0 saturated carbocycles. The van der Waals surface area contributed by atoms with Crippen molar-refractivity contribution >= 4 is 31.0 Å². The second-order valence-corrected chi connectivity index (χ2v) is 8.22. The molecule has 3 aromatic rings. The standard InChI is InChI=1S/C26H30N6O2.H2S/c1-18(21-9-7-19(26(33)27-2)13-23(21)34-3)15-28-24-14-22(30-17-31-24)20-8-10-25(29-16-20)32-11-5-4-6-12-32;/h4-5,7-10,13-14,16-18H,6,11-12,15H2,1-3H3,(H,27,33)(H,28,30,31);1H2/t18-;/m1./s1. The van der Waals surface area contributed by atoms with Crippen LogP contribution in [0.2, 0.25) is 0 Å². The Balaban J connectivity index is 0.00000342. The van der Waals surface area contributed by atoms with Gasteiger partial charge in [0.15, 0.2) is 0 Å². The molecular weight excluding hydrogens is 460 g/mol. The van der Waals surface area contributed by atoms with Crippen molar-refractivity contribution in [3.05, 3.63) is 72.2 Å². The Morgan fingerprint density at radius 2 is 2.00 bits per heavy atom. The van der Waals surface area contributed by atoms with Gasteiger partial charge in [-0.25, -0.2) is 15.0 Å². The van der Waals surface area contributed by atoms with Crippen LogP contribution in [0.5, 0.6) is 5.75 Å². The third kappa shape index (κ3) is 6.30. The molecule has 1 aromatic carbocycles. The number of aromatic nitrogens is 3. The molecule has 35 heavy (non-hydrogen) atoms. The number of pyridine rings is 1. The first-order chi connectivity index (χ1) is 16.6. The van der Waals surface area contributed by atoms with Crippen molar-refractivity contribution in [2.75, 3.05) is 44.0 Å². The van der Waals surface area contributed by atoms with Crippen LogP contribution < -0.4 is 20.3 Å². The molecule has 0 fully saturated rings. The van der Waals surface area contributed by atoms with Crippen LogP contribution in [0, 0.1) is 0 Å². The number of nitrogens with one attached hydrogen (secondary N) is 2. The van der Waals surface area contributed by atoms with E-state index in [0.29, 0.717) is 17.9 Å². The maximum Gasteiger partial charge on any atom is 0.251 e. The lowest BCUT2D eigenvalue weighted by Gasteiger charge is -2.24. The van der Waals surface area contributed by atoms with Crippen LogP contribution >= 0.6 is 13.5 Å². The van der Waals surface area contributed by atoms with Gasteiger partial charge in [-0.3, -0.25) is 4.79 Å². The van der Waals surface area contributed by atoms with E-state index in [9.17, 15) is 4.79 Å². The number of ether oxygens (including phenoxy) is 1. The molecule has 0 bridgehead atoms. The van der Waals surface area contributed by atoms with Crippen LogP contribution in [0.1, 0.15) is 35.2 Å². The smallest absolute Gasteiger partial charge is 0.251 e. The molecule has 8 nitrogen and oxygen atoms in total. The summed E-state index contributed by atoms with van der Waals surface area (Å²) in [5.41, 5.74) is 3.35. The van der Waals surface area contributed by atoms with E-state index in [0.717, 1.165) is 48.0 Å². The largest absolute Gasteiger partial charge is 0.496 e. The Bertz CT molecular complexity index is 1170. The third-order valence-electron chi connectivity index (χ3n) is 5.94. The lowest BCUT2D eigenvalue weighted by Crippen LogP contribution is -2.27. The van der Waals surface area contributed by atoms with Crippen molar-refractivity contribution in [2.45, 2.75) is 19.3 Å². The van der Waals surface area contributed by atoms with Gasteiger partial charge in [0, 0.05) is 56.0 Å². The van der Waals surface area contributed by atoms with Crippen LogP contribution in [0.25, 0.3) is 11.3 Å². The van der Waals surface area contributed by atoms with E-state index in [4.69, 9.17) is 4.74 Å². The average molecular weight is 493 g/mol. The van der Waals surface area contributed by atoms with E-state index in [2.05, 4.69) is 49.6 Å². The van der Waals surface area contributed by atoms with E-state index in [1.54, 1.807) is 26.6 Å². The highest BCUT2D eigenvalue weighted by atomic mass is 32.1. The zero-order valence-electron chi connectivity index (χ0n) is 20.3. The van der Waals surface area contributed by atoms with E-state index < -0.39 is 0 Å². The second kappa shape index (κ2) is 12.2. The number of benzene rings is 1. The molecule has 0 aliphatic carbocycles. The Morgan fingerprint density at radius 3 is 2.69 bits per heavy atom. The highest BCUT2D eigenvalue weighted by Gasteiger charge is 2.15. The molecule has 1 aliphatic rings. The minimum atomic E-state index is -0.139. The SMILES string of the molecule is CNC(=O)c1ccc([C@H](C)CNc2cc(-c3ccc(N4CC=CCC4)nc3)ncn2)c(OC)c1.S. The second-order valence-electron chi connectivity index (χ2n) is 8.22. The Hall–Kier alpha value is -3.59. The van der Waals surface area contributed by atoms with Gasteiger partial charge in [0.1, 0.15) is 23.7 Å². The molecule has 2 N–H and O–H groups in total. The van der Waals surface area contributed by atoms with Crippen molar-refractivity contribution in [3.63, 3.8) is 0 Å². The zero-order chi connectivity index (χ0) is 23.9. The number of hydrogen-bond donors (Lipinski definition) is 2. The maximum absolute atomic E-state index is 11.9. The van der Waals surface area contributed by atoms with Crippen LogP contribution in [0.15, 0.2) is 61.1 Å². The summed E-state index contributed by atoms with van der Waals surface area (Å²) in [7, 11) is 3.23. The molecule has 184 valence electrons. The molecule has 0 radical (unpaired) electrons. The molecule has 0 saturated heterocycles. The van der Waals surface area contributed by atoms with Gasteiger partial charge in [-0.15, -0.1) is 0 Å². The van der Waals surface area contributed by atoms with E-state index >= 15 is 0 Å². The first-order valence-electron chi connectivity index (χ1n) is 11.4. The average Bonchev–Trinajstić information content (AvgIpc) is 2.91. The molecule has 0 spiro atoms. The predicted octanol–water partition coefficient (Wildman–Crippen LogP) is 4.00. The number of anilines is 2. The van der Waals surface area contributed by atoms with Crippen LogP contribution in [0.3, 0.4) is 0 Å². The maximum atomic E-state index is 11.9. The number of methoxy groups -OCH3 is 1. The lowest BCUT2D eigenvalue weighted by molar-refractivity contribution is 0.0962. The Morgan fingerprint density at radius 1 is 1.14 bits per heavy atom. The predicted molar refractivity (Wildman–Crippen MR) is 145 cm³/mol. The monoisotopic (exact) mass is 492 g/mol. The summed E-state index contributed by atoms with van der Waals surface area (Å²) in [4.78, 5) is 27.6. The normalized spacial score (nSPS) is 13.5. The number of rotatable bonds is 8. The van der Waals surface area contributed by atoms with Gasteiger partial charge in [0.25, 0.3) is 5.91 Å². The van der Waals surface area contributed by atoms with Crippen molar-refractivity contribution in [1.29, 1.82) is 0 Å². The number of carbonyl (C=O) groups excluding carboxylic acids is 1. The molecular formula is C26H32N6O2S. The molecule has 4 rings (SSSR count). The number of nitrogens with zero attached hydrogens (tertiary/aromatic N) is 4. The highest BCUT2D eigenvalue weighted by molar-refractivity contribution is 7.59. The number of carbonyl (C=O) groups is 1. The van der Waals surface area contributed by atoms with Gasteiger partial charge in [0.2, 0.25) is 0 Å². The molecule has 3 heterocycles. The summed E-state index contributed by atoms with van der Waals surface area (Å²) in [6.45, 7) is 4.63. The first kappa shape index (κ1) is 26.0. The van der Waals surface area contributed by atoms with E-state index in [-0.39, 0.29) is 25.3 Å². The molecule has 0 unspecified atom stereocenters. The summed E-state index contributed by atoms with van der Waals surface area (Å²) < 4.78 is 5.54. The van der Waals surface area contributed by atoms with Gasteiger partial charge in [0.05, 0.1) is 12.8 Å². The molecule has 1 atom stereocenters. The molecule has 9 heteroatoms. The minimum Gasteiger partial charge on any atom is -0.496 e. The number of amides is 1. The fourth-order valence-electron chi connectivity index (χ4n) is 3.96. The molecule has 1 amide bonds. The van der Waals surface area contributed by atoms with E-state index in [1.807, 2.05) is 36.5 Å². The summed E-state index contributed by atoms with van der Waals surface area (Å²) in [6, 6.07) is 11.5. The van der Waals surface area contributed by atoms with Gasteiger partial charge < -0.3 is 20.3 Å². The summed E-state index contributed by atoms with van der Waals surface area (Å²) in [6.07, 6.45) is 8.85. The van der Waals surface area contributed by atoms with Gasteiger partial charge >= 0.3 is 0 Å². The van der Waals surface area contributed by atoms with Crippen LogP contribution in [-0.4, -0.2) is 54.7 Å². The summed E-state index contributed by atoms with van der Waals surface area (Å²) in [5.74, 6) is 2.40. The molecule has 1 aliphatic heterocycles. The summed E-state index contributed by atoms with van der Waals surface area (Å²) in [5, 5.41) is 6.03. The lowest BCUT2D eigenvalue weighted by atomic mass is 9.98. The van der Waals surface area contributed by atoms with Crippen molar-refractivity contribution < 1.29 is 9.53 Å². The van der Waals surface area contributed by atoms with Crippen molar-refractivity contribution in [1.82, 2.24) is 20.3 Å². The van der Waals surface area contributed by atoms with Crippen LogP contribution in [-0.2, 0) is 0 Å². The van der Waals surface area contributed by atoms with Gasteiger partial charge in [-0.1, -0.05) is 25.1 Å². The van der Waals surface area contributed by atoms with Crippen LogP contribution in [0.4, 0.5) is 11.6 Å². The Kier molecular flexibility index (Phi) is 9.08. The van der Waals surface area contributed by atoms with Gasteiger partial charge in [-0.2, -0.15) is 13.5 Å². The minimum absolute atomic E-state index is 0. The zero-order valence-corrected chi connectivity index (χ0v) is 21.3. The number of hydrogen-bond acceptors (Lipinski definition) is 7. The van der Waals surface area contributed by atoms with Crippen molar-refractivity contribution in [3.8, 4) is 17.0 Å². The summed E-state index contributed by atoms with van der Waals surface area (Å²) >= 11 is 0.